The molecule has 1 atom stereocenters. The van der Waals surface area contributed by atoms with Crippen LogP contribution in [-0.4, -0.2) is 11.4 Å². The number of oxime groups is 1. The van der Waals surface area contributed by atoms with Gasteiger partial charge in [0, 0.05) is 12.1 Å². The van der Waals surface area contributed by atoms with Gasteiger partial charge in [0.2, 0.25) is 0 Å². The van der Waals surface area contributed by atoms with Gasteiger partial charge >= 0.3 is 0 Å². The Morgan fingerprint density at radius 2 is 2.38 bits per heavy atom. The van der Waals surface area contributed by atoms with E-state index in [-0.39, 0.29) is 0 Å². The van der Waals surface area contributed by atoms with E-state index >= 15 is 0 Å². The molecule has 1 radical (unpaired) electrons. The van der Waals surface area contributed by atoms with Gasteiger partial charge in [0.1, 0.15) is 0 Å². The van der Waals surface area contributed by atoms with Gasteiger partial charge < -0.3 is 5.21 Å². The highest BCUT2D eigenvalue weighted by molar-refractivity contribution is 5.61. The van der Waals surface area contributed by atoms with Crippen molar-refractivity contribution in [3.63, 3.8) is 0 Å². The third kappa shape index (κ3) is 2.61. The maximum absolute atomic E-state index is 8.05. The molecule has 8 heavy (non-hydrogen) atoms. The summed E-state index contributed by atoms with van der Waals surface area (Å²) in [6, 6.07) is 0. The second kappa shape index (κ2) is 4.62. The molecule has 0 saturated heterocycles. The smallest absolute Gasteiger partial charge is 0.0469 e. The van der Waals surface area contributed by atoms with E-state index in [2.05, 4.69) is 5.16 Å². The molecule has 0 aliphatic heterocycles. The molecule has 0 bridgehead atoms. The van der Waals surface area contributed by atoms with E-state index < -0.39 is 0 Å². The van der Waals surface area contributed by atoms with Crippen LogP contribution in [0.15, 0.2) is 5.16 Å². The minimum Gasteiger partial charge on any atom is -0.411 e. The SMILES string of the molecule is C[CH]C(C=NO)CC. The minimum absolute atomic E-state index is 0.333. The molecular weight excluding hydrogens is 102 g/mol. The molecule has 0 aliphatic carbocycles. The molecule has 1 unspecified atom stereocenters. The molecular formula is C6H12NO. The highest BCUT2D eigenvalue weighted by Gasteiger charge is 1.96. The van der Waals surface area contributed by atoms with Gasteiger partial charge in [-0.2, -0.15) is 0 Å². The predicted molar refractivity (Wildman–Crippen MR) is 34.0 cm³/mol. The average Bonchev–Trinajstić information content (AvgIpc) is 1.83. The molecule has 47 valence electrons. The largest absolute Gasteiger partial charge is 0.411 e. The van der Waals surface area contributed by atoms with E-state index in [1.165, 1.54) is 6.21 Å². The summed E-state index contributed by atoms with van der Waals surface area (Å²) in [5.41, 5.74) is 0. The maximum atomic E-state index is 8.05. The van der Waals surface area contributed by atoms with Gasteiger partial charge in [-0.1, -0.05) is 13.8 Å². The zero-order chi connectivity index (χ0) is 6.41. The molecule has 2 nitrogen and oxygen atoms in total. The van der Waals surface area contributed by atoms with Gasteiger partial charge in [0.05, 0.1) is 0 Å². The first-order chi connectivity index (χ1) is 3.85. The van der Waals surface area contributed by atoms with Crippen LogP contribution in [0, 0.1) is 12.3 Å². The second-order valence-electron chi connectivity index (χ2n) is 1.67. The van der Waals surface area contributed by atoms with Crippen LogP contribution in [0.25, 0.3) is 0 Å². The van der Waals surface area contributed by atoms with Gasteiger partial charge in [-0.3, -0.25) is 0 Å². The van der Waals surface area contributed by atoms with Gasteiger partial charge in [-0.15, -0.1) is 5.16 Å². The fraction of sp³-hybridized carbons (Fsp3) is 0.667. The van der Waals surface area contributed by atoms with Crippen LogP contribution in [-0.2, 0) is 0 Å². The van der Waals surface area contributed by atoms with E-state index in [1.54, 1.807) is 0 Å². The van der Waals surface area contributed by atoms with E-state index in [0.29, 0.717) is 5.92 Å². The maximum Gasteiger partial charge on any atom is 0.0469 e. The molecule has 1 N–H and O–H groups in total. The summed E-state index contributed by atoms with van der Waals surface area (Å²) in [5.74, 6) is 0.333. The third-order valence-electron chi connectivity index (χ3n) is 1.16. The minimum atomic E-state index is 0.333. The number of hydrogen-bond donors (Lipinski definition) is 1. The molecule has 0 rings (SSSR count). The zero-order valence-electron chi connectivity index (χ0n) is 5.33. The Hall–Kier alpha value is -0.530. The summed E-state index contributed by atoms with van der Waals surface area (Å²) in [4.78, 5) is 0. The van der Waals surface area contributed by atoms with Crippen molar-refractivity contribution in [2.24, 2.45) is 11.1 Å². The Morgan fingerprint density at radius 1 is 1.75 bits per heavy atom. The van der Waals surface area contributed by atoms with Gasteiger partial charge in [0.25, 0.3) is 0 Å². The summed E-state index contributed by atoms with van der Waals surface area (Å²) >= 11 is 0. The van der Waals surface area contributed by atoms with E-state index in [0.717, 1.165) is 6.42 Å². The molecule has 0 aromatic rings. The lowest BCUT2D eigenvalue weighted by atomic mass is 10.1. The standard InChI is InChI=1S/C6H12NO/c1-3-6(4-2)5-7-8/h3,5-6,8H,4H2,1-2H3. The fourth-order valence-corrected chi connectivity index (χ4v) is 0.513. The Balaban J connectivity index is 3.36. The quantitative estimate of drug-likeness (QED) is 0.338. The van der Waals surface area contributed by atoms with Gasteiger partial charge in [-0.05, 0) is 12.8 Å². The van der Waals surface area contributed by atoms with Crippen molar-refractivity contribution in [2.75, 3.05) is 0 Å². The number of rotatable bonds is 3. The molecule has 0 saturated carbocycles. The molecule has 0 heterocycles. The van der Waals surface area contributed by atoms with Gasteiger partial charge in [-0.25, -0.2) is 0 Å². The summed E-state index contributed by atoms with van der Waals surface area (Å²) < 4.78 is 0. The summed E-state index contributed by atoms with van der Waals surface area (Å²) in [6.07, 6.45) is 4.53. The predicted octanol–water partition coefficient (Wildman–Crippen LogP) is 1.70. The van der Waals surface area contributed by atoms with Crippen LogP contribution in [0.2, 0.25) is 0 Å². The monoisotopic (exact) mass is 114 g/mol. The first-order valence-corrected chi connectivity index (χ1v) is 2.82. The lowest BCUT2D eigenvalue weighted by molar-refractivity contribution is 0.318. The van der Waals surface area contributed by atoms with Crippen LogP contribution < -0.4 is 0 Å². The Morgan fingerprint density at radius 3 is 2.50 bits per heavy atom. The van der Waals surface area contributed by atoms with Gasteiger partial charge in [0.15, 0.2) is 0 Å². The zero-order valence-corrected chi connectivity index (χ0v) is 5.33. The Kier molecular flexibility index (Phi) is 4.32. The Labute approximate surface area is 50.2 Å². The third-order valence-corrected chi connectivity index (χ3v) is 1.16. The first kappa shape index (κ1) is 7.47. The van der Waals surface area contributed by atoms with Crippen LogP contribution in [0.5, 0.6) is 0 Å². The Bertz CT molecular complexity index is 66.9. The molecule has 0 aromatic carbocycles. The molecule has 0 aliphatic rings. The van der Waals surface area contributed by atoms with Crippen molar-refractivity contribution < 1.29 is 5.21 Å². The van der Waals surface area contributed by atoms with Crippen molar-refractivity contribution in [3.8, 4) is 0 Å². The number of hydrogen-bond acceptors (Lipinski definition) is 2. The fourth-order valence-electron chi connectivity index (χ4n) is 0.513. The molecule has 0 aromatic heterocycles. The van der Waals surface area contributed by atoms with Crippen molar-refractivity contribution in [2.45, 2.75) is 20.3 Å². The van der Waals surface area contributed by atoms with Crippen LogP contribution >= 0.6 is 0 Å². The van der Waals surface area contributed by atoms with Crippen molar-refractivity contribution in [1.29, 1.82) is 0 Å². The van der Waals surface area contributed by atoms with Crippen molar-refractivity contribution in [3.05, 3.63) is 6.42 Å². The summed E-state index contributed by atoms with van der Waals surface area (Å²) in [7, 11) is 0. The average molecular weight is 114 g/mol. The van der Waals surface area contributed by atoms with Crippen LogP contribution in [0.1, 0.15) is 20.3 Å². The van der Waals surface area contributed by atoms with E-state index in [9.17, 15) is 0 Å². The topological polar surface area (TPSA) is 32.6 Å². The van der Waals surface area contributed by atoms with Crippen LogP contribution in [0.4, 0.5) is 0 Å². The molecule has 0 spiro atoms. The summed E-state index contributed by atoms with van der Waals surface area (Å²) in [5, 5.41) is 11.0. The molecule has 0 fully saturated rings. The lowest BCUT2D eigenvalue weighted by Gasteiger charge is -2.00. The second-order valence-corrected chi connectivity index (χ2v) is 1.67. The highest BCUT2D eigenvalue weighted by Crippen LogP contribution is 2.01. The van der Waals surface area contributed by atoms with E-state index in [4.69, 9.17) is 5.21 Å². The lowest BCUT2D eigenvalue weighted by Crippen LogP contribution is -1.97. The van der Waals surface area contributed by atoms with Crippen molar-refractivity contribution in [1.82, 2.24) is 0 Å². The number of nitrogens with zero attached hydrogens (tertiary/aromatic N) is 1. The normalized spacial score (nSPS) is 11.4. The van der Waals surface area contributed by atoms with Crippen molar-refractivity contribution >= 4 is 6.21 Å². The van der Waals surface area contributed by atoms with E-state index in [1.807, 2.05) is 20.3 Å². The molecule has 2 heteroatoms. The summed E-state index contributed by atoms with van der Waals surface area (Å²) in [6.45, 7) is 4.00. The van der Waals surface area contributed by atoms with Crippen LogP contribution in [0.3, 0.4) is 0 Å². The molecule has 0 amide bonds. The highest BCUT2D eigenvalue weighted by atomic mass is 16.4. The first-order valence-electron chi connectivity index (χ1n) is 2.82.